The fourth-order valence-electron chi connectivity index (χ4n) is 1.91. The van der Waals surface area contributed by atoms with E-state index in [1.54, 1.807) is 29.5 Å². The first-order valence-electron chi connectivity index (χ1n) is 6.43. The molecule has 0 atom stereocenters. The first kappa shape index (κ1) is 13.3. The van der Waals surface area contributed by atoms with Gasteiger partial charge >= 0.3 is 0 Å². The van der Waals surface area contributed by atoms with E-state index in [4.69, 9.17) is 0 Å². The van der Waals surface area contributed by atoms with Gasteiger partial charge in [0, 0.05) is 37.9 Å². The molecule has 0 saturated heterocycles. The van der Waals surface area contributed by atoms with Crippen LogP contribution in [-0.4, -0.2) is 38.7 Å². The van der Waals surface area contributed by atoms with E-state index in [9.17, 15) is 4.79 Å². The molecule has 0 N–H and O–H groups in total. The van der Waals surface area contributed by atoms with Crippen LogP contribution in [0.15, 0.2) is 43.0 Å². The lowest BCUT2D eigenvalue weighted by Gasteiger charge is -2.20. The molecular weight excluding hydrogens is 240 g/mol. The maximum Gasteiger partial charge on any atom is 0.244 e. The van der Waals surface area contributed by atoms with Crippen LogP contribution in [0, 0.1) is 0 Å². The smallest absolute Gasteiger partial charge is 0.244 e. The molecule has 1 amide bonds. The van der Waals surface area contributed by atoms with Crippen molar-refractivity contribution in [3.05, 3.63) is 48.5 Å². The Bertz CT molecular complexity index is 495. The highest BCUT2D eigenvalue weighted by atomic mass is 16.2. The summed E-state index contributed by atoms with van der Waals surface area (Å²) in [5, 5.41) is 4.05. The predicted octanol–water partition coefficient (Wildman–Crippen LogP) is 1.37. The molecule has 0 aliphatic carbocycles. The molecule has 2 aromatic rings. The number of nitrogens with zero attached hydrogens (tertiary/aromatic N) is 4. The molecule has 2 aromatic heterocycles. The molecule has 100 valence electrons. The second kappa shape index (κ2) is 6.68. The van der Waals surface area contributed by atoms with Gasteiger partial charge in [-0.05, 0) is 37.1 Å². The van der Waals surface area contributed by atoms with Crippen molar-refractivity contribution in [2.45, 2.75) is 19.9 Å². The third kappa shape index (κ3) is 3.91. The summed E-state index contributed by atoms with van der Waals surface area (Å²) in [4.78, 5) is 18.0. The van der Waals surface area contributed by atoms with Crippen molar-refractivity contribution in [2.24, 2.45) is 0 Å². The van der Waals surface area contributed by atoms with Crippen molar-refractivity contribution in [3.63, 3.8) is 0 Å². The van der Waals surface area contributed by atoms with E-state index in [1.165, 1.54) is 5.56 Å². The van der Waals surface area contributed by atoms with E-state index in [-0.39, 0.29) is 5.91 Å². The van der Waals surface area contributed by atoms with Gasteiger partial charge in [-0.3, -0.25) is 14.5 Å². The Morgan fingerprint density at radius 3 is 2.74 bits per heavy atom. The highest BCUT2D eigenvalue weighted by molar-refractivity contribution is 5.75. The second-order valence-electron chi connectivity index (χ2n) is 4.28. The molecule has 0 radical (unpaired) electrons. The molecule has 0 fully saturated rings. The molecule has 2 heterocycles. The zero-order chi connectivity index (χ0) is 13.5. The molecule has 0 unspecified atom stereocenters. The number of rotatable bonds is 6. The number of carbonyl (C=O) groups excluding carboxylic acids is 1. The maximum absolute atomic E-state index is 12.1. The van der Waals surface area contributed by atoms with E-state index in [1.807, 2.05) is 30.0 Å². The van der Waals surface area contributed by atoms with Crippen molar-refractivity contribution in [2.75, 3.05) is 13.1 Å². The Kier molecular flexibility index (Phi) is 4.66. The number of aromatic nitrogens is 3. The minimum Gasteiger partial charge on any atom is -0.341 e. The van der Waals surface area contributed by atoms with Crippen molar-refractivity contribution in [1.82, 2.24) is 19.7 Å². The summed E-state index contributed by atoms with van der Waals surface area (Å²) in [5.41, 5.74) is 1.19. The monoisotopic (exact) mass is 258 g/mol. The van der Waals surface area contributed by atoms with Crippen molar-refractivity contribution >= 4 is 5.91 Å². The summed E-state index contributed by atoms with van der Waals surface area (Å²) in [5.74, 6) is 0.0975. The van der Waals surface area contributed by atoms with Gasteiger partial charge in [-0.1, -0.05) is 0 Å². The SMILES string of the molecule is CCN(CCc1ccncc1)C(=O)Cn1cccn1. The van der Waals surface area contributed by atoms with Gasteiger partial charge in [0.2, 0.25) is 5.91 Å². The van der Waals surface area contributed by atoms with Crippen molar-refractivity contribution in [1.29, 1.82) is 0 Å². The lowest BCUT2D eigenvalue weighted by Crippen LogP contribution is -2.35. The Balaban J connectivity index is 1.87. The lowest BCUT2D eigenvalue weighted by atomic mass is 10.2. The zero-order valence-electron chi connectivity index (χ0n) is 11.1. The van der Waals surface area contributed by atoms with Crippen LogP contribution in [0.3, 0.4) is 0 Å². The number of hydrogen-bond donors (Lipinski definition) is 0. The zero-order valence-corrected chi connectivity index (χ0v) is 11.1. The van der Waals surface area contributed by atoms with E-state index in [0.717, 1.165) is 13.0 Å². The van der Waals surface area contributed by atoms with Crippen LogP contribution in [0.1, 0.15) is 12.5 Å². The van der Waals surface area contributed by atoms with Crippen molar-refractivity contribution in [3.8, 4) is 0 Å². The van der Waals surface area contributed by atoms with Gasteiger partial charge < -0.3 is 4.90 Å². The van der Waals surface area contributed by atoms with Crippen LogP contribution in [0.2, 0.25) is 0 Å². The summed E-state index contributed by atoms with van der Waals surface area (Å²) in [6, 6.07) is 5.78. The fraction of sp³-hybridized carbons (Fsp3) is 0.357. The summed E-state index contributed by atoms with van der Waals surface area (Å²) in [7, 11) is 0. The van der Waals surface area contributed by atoms with Gasteiger partial charge in [0.15, 0.2) is 0 Å². The third-order valence-electron chi connectivity index (χ3n) is 3.01. The molecular formula is C14H18N4O. The van der Waals surface area contributed by atoms with Gasteiger partial charge in [0.25, 0.3) is 0 Å². The number of amides is 1. The van der Waals surface area contributed by atoms with E-state index < -0.39 is 0 Å². The molecule has 0 aromatic carbocycles. The summed E-state index contributed by atoms with van der Waals surface area (Å²) in [6.45, 7) is 3.73. The standard InChI is InChI=1S/C14H18N4O/c1-2-17(11-6-13-4-8-15-9-5-13)14(19)12-18-10-3-7-16-18/h3-5,7-10H,2,6,11-12H2,1H3. The molecule has 0 aliphatic heterocycles. The molecule has 0 spiro atoms. The first-order valence-corrected chi connectivity index (χ1v) is 6.43. The van der Waals surface area contributed by atoms with Crippen LogP contribution >= 0.6 is 0 Å². The maximum atomic E-state index is 12.1. The normalized spacial score (nSPS) is 10.4. The van der Waals surface area contributed by atoms with Gasteiger partial charge in [-0.15, -0.1) is 0 Å². The molecule has 19 heavy (non-hydrogen) atoms. The Labute approximate surface area is 112 Å². The average Bonchev–Trinajstić information content (AvgIpc) is 2.93. The quantitative estimate of drug-likeness (QED) is 0.786. The minimum absolute atomic E-state index is 0.0975. The van der Waals surface area contributed by atoms with E-state index >= 15 is 0 Å². The molecule has 0 saturated carbocycles. The molecule has 0 bridgehead atoms. The number of pyridine rings is 1. The minimum atomic E-state index is 0.0975. The van der Waals surface area contributed by atoms with Gasteiger partial charge in [0.05, 0.1) is 0 Å². The molecule has 2 rings (SSSR count). The molecule has 0 aliphatic rings. The number of likely N-dealkylation sites (N-methyl/N-ethyl adjacent to an activating group) is 1. The fourth-order valence-corrected chi connectivity index (χ4v) is 1.91. The van der Waals surface area contributed by atoms with Crippen LogP contribution in [-0.2, 0) is 17.8 Å². The average molecular weight is 258 g/mol. The highest BCUT2D eigenvalue weighted by Crippen LogP contribution is 2.01. The van der Waals surface area contributed by atoms with Crippen LogP contribution < -0.4 is 0 Å². The Morgan fingerprint density at radius 2 is 2.11 bits per heavy atom. The summed E-state index contributed by atoms with van der Waals surface area (Å²) >= 11 is 0. The van der Waals surface area contributed by atoms with Gasteiger partial charge in [-0.2, -0.15) is 5.10 Å². The Morgan fingerprint density at radius 1 is 1.32 bits per heavy atom. The number of hydrogen-bond acceptors (Lipinski definition) is 3. The van der Waals surface area contributed by atoms with Gasteiger partial charge in [-0.25, -0.2) is 0 Å². The highest BCUT2D eigenvalue weighted by Gasteiger charge is 2.12. The Hall–Kier alpha value is -2.17. The van der Waals surface area contributed by atoms with Crippen LogP contribution in [0.25, 0.3) is 0 Å². The van der Waals surface area contributed by atoms with Crippen LogP contribution in [0.5, 0.6) is 0 Å². The predicted molar refractivity (Wildman–Crippen MR) is 72.4 cm³/mol. The first-order chi connectivity index (χ1) is 9.29. The molecule has 5 nitrogen and oxygen atoms in total. The van der Waals surface area contributed by atoms with E-state index in [0.29, 0.717) is 13.1 Å². The largest absolute Gasteiger partial charge is 0.341 e. The second-order valence-corrected chi connectivity index (χ2v) is 4.28. The van der Waals surface area contributed by atoms with Crippen LogP contribution in [0.4, 0.5) is 0 Å². The number of carbonyl (C=O) groups is 1. The summed E-state index contributed by atoms with van der Waals surface area (Å²) < 4.78 is 1.65. The van der Waals surface area contributed by atoms with E-state index in [2.05, 4.69) is 10.1 Å². The van der Waals surface area contributed by atoms with Crippen molar-refractivity contribution < 1.29 is 4.79 Å². The lowest BCUT2D eigenvalue weighted by molar-refractivity contribution is -0.131. The van der Waals surface area contributed by atoms with Gasteiger partial charge in [0.1, 0.15) is 6.54 Å². The molecule has 5 heteroatoms. The third-order valence-corrected chi connectivity index (χ3v) is 3.01. The topological polar surface area (TPSA) is 51.0 Å². The summed E-state index contributed by atoms with van der Waals surface area (Å²) in [6.07, 6.45) is 7.88.